The third kappa shape index (κ3) is 3.27. The van der Waals surface area contributed by atoms with E-state index in [0.29, 0.717) is 17.1 Å². The maximum Gasteiger partial charge on any atom is 0.269 e. The second-order valence-electron chi connectivity index (χ2n) is 5.59. The van der Waals surface area contributed by atoms with Crippen LogP contribution in [0.2, 0.25) is 0 Å². The fraction of sp³-hybridized carbons (Fsp3) is 0.111. The van der Waals surface area contributed by atoms with Gasteiger partial charge >= 0.3 is 0 Å². The number of carbonyl (C=O) groups is 1. The zero-order valence-corrected chi connectivity index (χ0v) is 14.7. The molecule has 0 spiro atoms. The number of thiophene rings is 1. The van der Waals surface area contributed by atoms with Crippen LogP contribution in [0.3, 0.4) is 0 Å². The number of carbonyl (C=O) groups excluding carboxylic acids is 1. The number of pyridine rings is 1. The molecule has 0 aliphatic heterocycles. The van der Waals surface area contributed by atoms with Crippen LogP contribution >= 0.6 is 11.3 Å². The lowest BCUT2D eigenvalue weighted by Gasteiger charge is -2.02. The number of hydrogen-bond acceptors (Lipinski definition) is 6. The second-order valence-corrected chi connectivity index (χ2v) is 6.54. The molecule has 1 N–H and O–H groups in total. The van der Waals surface area contributed by atoms with Crippen molar-refractivity contribution in [1.82, 2.24) is 25.2 Å². The topological polar surface area (TPSA) is 85.8 Å². The van der Waals surface area contributed by atoms with Crippen LogP contribution in [0.15, 0.2) is 58.6 Å². The van der Waals surface area contributed by atoms with Crippen molar-refractivity contribution in [3.05, 3.63) is 65.5 Å². The Morgan fingerprint density at radius 2 is 2.12 bits per heavy atom. The van der Waals surface area contributed by atoms with Crippen molar-refractivity contribution in [2.24, 2.45) is 7.05 Å². The van der Waals surface area contributed by atoms with Crippen LogP contribution in [0.4, 0.5) is 0 Å². The Balaban J connectivity index is 1.44. The Labute approximate surface area is 153 Å². The average Bonchev–Trinajstić information content (AvgIpc) is 3.41. The van der Waals surface area contributed by atoms with E-state index in [2.05, 4.69) is 20.6 Å². The summed E-state index contributed by atoms with van der Waals surface area (Å²) < 4.78 is 6.85. The number of nitrogens with one attached hydrogen (secondary N) is 1. The van der Waals surface area contributed by atoms with Crippen molar-refractivity contribution in [1.29, 1.82) is 0 Å². The second kappa shape index (κ2) is 6.93. The van der Waals surface area contributed by atoms with Crippen LogP contribution in [-0.4, -0.2) is 25.8 Å². The maximum absolute atomic E-state index is 12.5. The molecule has 0 aliphatic rings. The highest BCUT2D eigenvalue weighted by Gasteiger charge is 2.15. The SMILES string of the molecule is Cn1nc(-c2cccs2)cc1C(=O)NCc1cc(-c2ccccn2)no1. The van der Waals surface area contributed by atoms with E-state index in [0.717, 1.165) is 16.3 Å². The number of aromatic nitrogens is 4. The maximum atomic E-state index is 12.5. The van der Waals surface area contributed by atoms with E-state index in [1.54, 1.807) is 41.4 Å². The van der Waals surface area contributed by atoms with Crippen molar-refractivity contribution in [3.8, 4) is 22.0 Å². The Hall–Kier alpha value is -3.26. The summed E-state index contributed by atoms with van der Waals surface area (Å²) in [4.78, 5) is 17.7. The number of rotatable bonds is 5. The summed E-state index contributed by atoms with van der Waals surface area (Å²) in [6.45, 7) is 0.234. The Morgan fingerprint density at radius 3 is 2.88 bits per heavy atom. The van der Waals surface area contributed by atoms with Gasteiger partial charge in [-0.3, -0.25) is 14.5 Å². The quantitative estimate of drug-likeness (QED) is 0.587. The summed E-state index contributed by atoms with van der Waals surface area (Å²) in [6, 6.07) is 13.0. The highest BCUT2D eigenvalue weighted by Crippen LogP contribution is 2.24. The van der Waals surface area contributed by atoms with E-state index in [9.17, 15) is 4.79 Å². The molecule has 0 atom stereocenters. The molecule has 0 aliphatic carbocycles. The first-order valence-electron chi connectivity index (χ1n) is 7.94. The van der Waals surface area contributed by atoms with Crippen LogP contribution in [0.5, 0.6) is 0 Å². The van der Waals surface area contributed by atoms with Crippen molar-refractivity contribution in [3.63, 3.8) is 0 Å². The molecular formula is C18H15N5O2S. The average molecular weight is 365 g/mol. The molecule has 4 aromatic heterocycles. The van der Waals surface area contributed by atoms with E-state index < -0.39 is 0 Å². The minimum absolute atomic E-state index is 0.224. The summed E-state index contributed by atoms with van der Waals surface area (Å²) in [5, 5.41) is 13.2. The molecule has 8 heteroatoms. The van der Waals surface area contributed by atoms with Crippen molar-refractivity contribution < 1.29 is 9.32 Å². The Morgan fingerprint density at radius 1 is 1.19 bits per heavy atom. The van der Waals surface area contributed by atoms with Crippen LogP contribution in [0.1, 0.15) is 16.2 Å². The number of hydrogen-bond donors (Lipinski definition) is 1. The van der Waals surface area contributed by atoms with E-state index in [-0.39, 0.29) is 12.5 Å². The summed E-state index contributed by atoms with van der Waals surface area (Å²) in [6.07, 6.45) is 1.69. The van der Waals surface area contributed by atoms with Gasteiger partial charge < -0.3 is 9.84 Å². The molecule has 4 heterocycles. The molecule has 0 saturated carbocycles. The molecule has 0 radical (unpaired) electrons. The molecule has 0 unspecified atom stereocenters. The van der Waals surface area contributed by atoms with Gasteiger partial charge in [-0.2, -0.15) is 5.10 Å². The molecule has 130 valence electrons. The molecular weight excluding hydrogens is 350 g/mol. The molecule has 0 bridgehead atoms. The first-order chi connectivity index (χ1) is 12.7. The monoisotopic (exact) mass is 365 g/mol. The lowest BCUT2D eigenvalue weighted by atomic mass is 10.2. The van der Waals surface area contributed by atoms with Crippen LogP contribution in [0, 0.1) is 0 Å². The van der Waals surface area contributed by atoms with Gasteiger partial charge in [0.25, 0.3) is 5.91 Å². The fourth-order valence-electron chi connectivity index (χ4n) is 2.51. The smallest absolute Gasteiger partial charge is 0.269 e. The van der Waals surface area contributed by atoms with Gasteiger partial charge in [-0.1, -0.05) is 17.3 Å². The minimum atomic E-state index is -0.224. The van der Waals surface area contributed by atoms with Crippen LogP contribution in [0.25, 0.3) is 22.0 Å². The summed E-state index contributed by atoms with van der Waals surface area (Å²) >= 11 is 1.58. The number of aryl methyl sites for hydroxylation is 1. The van der Waals surface area contributed by atoms with E-state index in [4.69, 9.17) is 4.52 Å². The molecule has 1 amide bonds. The van der Waals surface area contributed by atoms with Gasteiger partial charge in [0.05, 0.1) is 17.1 Å². The molecule has 0 fully saturated rings. The molecule has 26 heavy (non-hydrogen) atoms. The van der Waals surface area contributed by atoms with Gasteiger partial charge in [0.2, 0.25) is 0 Å². The predicted octanol–water partition coefficient (Wildman–Crippen LogP) is 3.13. The lowest BCUT2D eigenvalue weighted by molar-refractivity contribution is 0.0937. The first-order valence-corrected chi connectivity index (χ1v) is 8.82. The third-order valence-electron chi connectivity index (χ3n) is 3.80. The van der Waals surface area contributed by atoms with Gasteiger partial charge in [0, 0.05) is 19.3 Å². The summed E-state index contributed by atoms with van der Waals surface area (Å²) in [5.74, 6) is 0.332. The summed E-state index contributed by atoms with van der Waals surface area (Å²) in [5.41, 5.74) is 2.62. The van der Waals surface area contributed by atoms with E-state index in [1.165, 1.54) is 0 Å². The molecule has 7 nitrogen and oxygen atoms in total. The van der Waals surface area contributed by atoms with Crippen molar-refractivity contribution in [2.45, 2.75) is 6.54 Å². The molecule has 0 saturated heterocycles. The van der Waals surface area contributed by atoms with Crippen LogP contribution < -0.4 is 5.32 Å². The third-order valence-corrected chi connectivity index (χ3v) is 4.69. The normalized spacial score (nSPS) is 10.8. The first kappa shape index (κ1) is 16.2. The van der Waals surface area contributed by atoms with Gasteiger partial charge in [-0.15, -0.1) is 11.3 Å². The van der Waals surface area contributed by atoms with E-state index >= 15 is 0 Å². The number of nitrogens with zero attached hydrogens (tertiary/aromatic N) is 4. The zero-order chi connectivity index (χ0) is 17.9. The Bertz CT molecular complexity index is 1020. The zero-order valence-electron chi connectivity index (χ0n) is 13.9. The molecule has 0 aromatic carbocycles. The van der Waals surface area contributed by atoms with Crippen molar-refractivity contribution in [2.75, 3.05) is 0 Å². The van der Waals surface area contributed by atoms with Gasteiger partial charge in [0.15, 0.2) is 5.76 Å². The van der Waals surface area contributed by atoms with Gasteiger partial charge in [-0.25, -0.2) is 0 Å². The van der Waals surface area contributed by atoms with Gasteiger partial charge in [-0.05, 0) is 29.6 Å². The predicted molar refractivity (Wildman–Crippen MR) is 97.4 cm³/mol. The standard InChI is InChI=1S/C18H15N5O2S/c1-23-16(10-15(21-23)17-6-4-8-26-17)18(24)20-11-12-9-14(22-25-12)13-5-2-3-7-19-13/h2-10H,11H2,1H3,(H,20,24). The van der Waals surface area contributed by atoms with E-state index in [1.807, 2.05) is 35.7 Å². The number of amides is 1. The van der Waals surface area contributed by atoms with Gasteiger partial charge in [0.1, 0.15) is 17.1 Å². The highest BCUT2D eigenvalue weighted by molar-refractivity contribution is 7.13. The molecule has 4 aromatic rings. The lowest BCUT2D eigenvalue weighted by Crippen LogP contribution is -2.24. The van der Waals surface area contributed by atoms with Crippen molar-refractivity contribution >= 4 is 17.2 Å². The summed E-state index contributed by atoms with van der Waals surface area (Å²) in [7, 11) is 1.75. The molecule has 4 rings (SSSR count). The highest BCUT2D eigenvalue weighted by atomic mass is 32.1. The minimum Gasteiger partial charge on any atom is -0.359 e. The van der Waals surface area contributed by atoms with Crippen LogP contribution in [-0.2, 0) is 13.6 Å². The largest absolute Gasteiger partial charge is 0.359 e. The Kier molecular flexibility index (Phi) is 4.32. The fourth-order valence-corrected chi connectivity index (χ4v) is 3.20.